The summed E-state index contributed by atoms with van der Waals surface area (Å²) in [5, 5.41) is 8.50. The Kier molecular flexibility index (Phi) is 6.06. The van der Waals surface area contributed by atoms with E-state index in [1.54, 1.807) is 0 Å². The van der Waals surface area contributed by atoms with Crippen LogP contribution in [0.2, 0.25) is 0 Å². The van der Waals surface area contributed by atoms with Gasteiger partial charge in [0.05, 0.1) is 6.54 Å². The maximum Gasteiger partial charge on any atom is 0.410 e. The number of piperidine rings is 2. The fourth-order valence-corrected chi connectivity index (χ4v) is 4.58. The van der Waals surface area contributed by atoms with E-state index in [4.69, 9.17) is 9.15 Å². The lowest BCUT2D eigenvalue weighted by molar-refractivity contribution is -0.00380. The highest BCUT2D eigenvalue weighted by atomic mass is 16.6. The first-order valence-corrected chi connectivity index (χ1v) is 11.3. The van der Waals surface area contributed by atoms with E-state index < -0.39 is 5.60 Å². The van der Waals surface area contributed by atoms with Gasteiger partial charge in [-0.05, 0) is 84.0 Å². The highest BCUT2D eigenvalue weighted by molar-refractivity contribution is 5.68. The first-order chi connectivity index (χ1) is 14.7. The largest absolute Gasteiger partial charge is 0.444 e. The van der Waals surface area contributed by atoms with E-state index in [2.05, 4.69) is 34.2 Å². The molecule has 3 heterocycles. The van der Waals surface area contributed by atoms with Crippen molar-refractivity contribution in [1.82, 2.24) is 20.0 Å². The SMILES string of the molecule is Cc1cccc(-c2nnc(CN3CCC4(CC3)CCN(C(=O)OC(C)(C)C)CC4)o2)c1. The number of nitrogens with zero attached hydrogens (tertiary/aromatic N) is 4. The second-order valence-electron chi connectivity index (χ2n) is 10.1. The van der Waals surface area contributed by atoms with Crippen LogP contribution in [0.4, 0.5) is 4.79 Å². The third-order valence-electron chi connectivity index (χ3n) is 6.48. The van der Waals surface area contributed by atoms with Crippen LogP contribution >= 0.6 is 0 Å². The predicted octanol–water partition coefficient (Wildman–Crippen LogP) is 4.66. The van der Waals surface area contributed by atoms with E-state index in [1.807, 2.05) is 37.8 Å². The minimum atomic E-state index is -0.439. The maximum atomic E-state index is 12.3. The Morgan fingerprint density at radius 2 is 1.77 bits per heavy atom. The first kappa shape index (κ1) is 21.8. The Hall–Kier alpha value is -2.41. The molecule has 2 aliphatic rings. The molecule has 2 aromatic rings. The number of likely N-dealkylation sites (tertiary alicyclic amines) is 2. The Morgan fingerprint density at radius 1 is 1.10 bits per heavy atom. The molecule has 2 aliphatic heterocycles. The molecule has 0 aliphatic carbocycles. The summed E-state index contributed by atoms with van der Waals surface area (Å²) in [5.41, 5.74) is 2.05. The molecule has 1 spiro atoms. The van der Waals surface area contributed by atoms with Gasteiger partial charge in [-0.3, -0.25) is 4.90 Å². The van der Waals surface area contributed by atoms with E-state index in [-0.39, 0.29) is 6.09 Å². The van der Waals surface area contributed by atoms with Crippen molar-refractivity contribution in [2.45, 2.75) is 65.5 Å². The molecule has 0 radical (unpaired) electrons. The lowest BCUT2D eigenvalue weighted by Crippen LogP contribution is -2.49. The number of amides is 1. The molecule has 7 nitrogen and oxygen atoms in total. The molecule has 1 aromatic carbocycles. The first-order valence-electron chi connectivity index (χ1n) is 11.3. The van der Waals surface area contributed by atoms with Crippen molar-refractivity contribution < 1.29 is 13.9 Å². The van der Waals surface area contributed by atoms with E-state index in [0.717, 1.165) is 57.4 Å². The van der Waals surface area contributed by atoms with Gasteiger partial charge in [0.1, 0.15) is 5.60 Å². The Balaban J connectivity index is 1.27. The van der Waals surface area contributed by atoms with Crippen LogP contribution in [0.3, 0.4) is 0 Å². The van der Waals surface area contributed by atoms with E-state index in [1.165, 1.54) is 5.56 Å². The van der Waals surface area contributed by atoms with Gasteiger partial charge in [-0.25, -0.2) is 4.79 Å². The molecule has 2 saturated heterocycles. The number of benzene rings is 1. The number of ether oxygens (including phenoxy) is 1. The summed E-state index contributed by atoms with van der Waals surface area (Å²) in [6.45, 7) is 12.1. The number of hydrogen-bond acceptors (Lipinski definition) is 6. The number of rotatable bonds is 3. The van der Waals surface area contributed by atoms with E-state index >= 15 is 0 Å². The molecule has 1 aromatic heterocycles. The lowest BCUT2D eigenvalue weighted by atomic mass is 9.71. The van der Waals surface area contributed by atoms with Gasteiger partial charge in [0, 0.05) is 18.7 Å². The summed E-state index contributed by atoms with van der Waals surface area (Å²) in [7, 11) is 0. The third-order valence-corrected chi connectivity index (χ3v) is 6.48. The van der Waals surface area contributed by atoms with Gasteiger partial charge >= 0.3 is 6.09 Å². The van der Waals surface area contributed by atoms with Crippen molar-refractivity contribution in [3.63, 3.8) is 0 Å². The molecular formula is C24H34N4O3. The van der Waals surface area contributed by atoms with E-state index in [9.17, 15) is 4.79 Å². The highest BCUT2D eigenvalue weighted by Crippen LogP contribution is 2.41. The van der Waals surface area contributed by atoms with Crippen molar-refractivity contribution >= 4 is 6.09 Å². The second-order valence-corrected chi connectivity index (χ2v) is 10.1. The van der Waals surface area contributed by atoms with Crippen LogP contribution in [0.25, 0.3) is 11.5 Å². The smallest absolute Gasteiger partial charge is 0.410 e. The van der Waals surface area contributed by atoms with E-state index in [0.29, 0.717) is 23.7 Å². The van der Waals surface area contributed by atoms with Gasteiger partial charge in [0.15, 0.2) is 0 Å². The summed E-state index contributed by atoms with van der Waals surface area (Å²) in [6.07, 6.45) is 4.22. The van der Waals surface area contributed by atoms with Crippen LogP contribution in [0.15, 0.2) is 28.7 Å². The zero-order valence-electron chi connectivity index (χ0n) is 19.2. The summed E-state index contributed by atoms with van der Waals surface area (Å²) < 4.78 is 11.5. The third kappa shape index (κ3) is 5.45. The summed E-state index contributed by atoms with van der Waals surface area (Å²) >= 11 is 0. The number of aryl methyl sites for hydroxylation is 1. The van der Waals surface area contributed by atoms with Crippen LogP contribution in [-0.4, -0.2) is 57.9 Å². The van der Waals surface area contributed by atoms with Gasteiger partial charge < -0.3 is 14.1 Å². The van der Waals surface area contributed by atoms with Gasteiger partial charge in [-0.15, -0.1) is 10.2 Å². The molecule has 1 amide bonds. The lowest BCUT2D eigenvalue weighted by Gasteiger charge is -2.46. The minimum Gasteiger partial charge on any atom is -0.444 e. The molecule has 0 atom stereocenters. The van der Waals surface area contributed by atoms with Crippen molar-refractivity contribution in [3.05, 3.63) is 35.7 Å². The van der Waals surface area contributed by atoms with Crippen LogP contribution in [0.5, 0.6) is 0 Å². The van der Waals surface area contributed by atoms with Gasteiger partial charge in [0.25, 0.3) is 0 Å². The standard InChI is InChI=1S/C24H34N4O3/c1-18-6-5-7-19(16-18)21-26-25-20(30-21)17-27-12-8-24(9-13-27)10-14-28(15-11-24)22(29)31-23(2,3)4/h5-7,16H,8-15,17H2,1-4H3. The second kappa shape index (κ2) is 8.61. The zero-order valence-corrected chi connectivity index (χ0v) is 19.2. The van der Waals surface area contributed by atoms with Crippen molar-refractivity contribution in [2.24, 2.45) is 5.41 Å². The van der Waals surface area contributed by atoms with Crippen LogP contribution in [-0.2, 0) is 11.3 Å². The fourth-order valence-electron chi connectivity index (χ4n) is 4.58. The summed E-state index contributed by atoms with van der Waals surface area (Å²) in [5.74, 6) is 1.26. The maximum absolute atomic E-state index is 12.3. The molecular weight excluding hydrogens is 392 g/mol. The zero-order chi connectivity index (χ0) is 22.1. The molecule has 0 bridgehead atoms. The quantitative estimate of drug-likeness (QED) is 0.711. The van der Waals surface area contributed by atoms with Crippen molar-refractivity contribution in [1.29, 1.82) is 0 Å². The van der Waals surface area contributed by atoms with Crippen LogP contribution < -0.4 is 0 Å². The topological polar surface area (TPSA) is 71.7 Å². The monoisotopic (exact) mass is 426 g/mol. The van der Waals surface area contributed by atoms with Gasteiger partial charge in [-0.2, -0.15) is 0 Å². The Morgan fingerprint density at radius 3 is 2.42 bits per heavy atom. The molecule has 168 valence electrons. The van der Waals surface area contributed by atoms with Crippen molar-refractivity contribution in [2.75, 3.05) is 26.2 Å². The summed E-state index contributed by atoms with van der Waals surface area (Å²) in [6, 6.07) is 8.12. The predicted molar refractivity (Wildman–Crippen MR) is 118 cm³/mol. The summed E-state index contributed by atoms with van der Waals surface area (Å²) in [4.78, 5) is 16.6. The Labute approximate surface area is 184 Å². The number of carbonyl (C=O) groups excluding carboxylic acids is 1. The molecule has 2 fully saturated rings. The van der Waals surface area contributed by atoms with Crippen LogP contribution in [0.1, 0.15) is 57.9 Å². The number of carbonyl (C=O) groups is 1. The molecule has 4 rings (SSSR count). The molecule has 7 heteroatoms. The average molecular weight is 427 g/mol. The highest BCUT2D eigenvalue weighted by Gasteiger charge is 2.39. The molecule has 0 N–H and O–H groups in total. The molecule has 0 unspecified atom stereocenters. The van der Waals surface area contributed by atoms with Crippen molar-refractivity contribution in [3.8, 4) is 11.5 Å². The van der Waals surface area contributed by atoms with Gasteiger partial charge in [0.2, 0.25) is 11.8 Å². The number of hydrogen-bond donors (Lipinski definition) is 0. The average Bonchev–Trinajstić information content (AvgIpc) is 3.18. The fraction of sp³-hybridized carbons (Fsp3) is 0.625. The molecule has 31 heavy (non-hydrogen) atoms. The molecule has 0 saturated carbocycles. The Bertz CT molecular complexity index is 900. The van der Waals surface area contributed by atoms with Gasteiger partial charge in [-0.1, -0.05) is 17.7 Å². The normalized spacial score (nSPS) is 19.5. The minimum absolute atomic E-state index is 0.180. The van der Waals surface area contributed by atoms with Crippen LogP contribution in [0, 0.1) is 12.3 Å². The number of aromatic nitrogens is 2.